The van der Waals surface area contributed by atoms with E-state index in [1.165, 1.54) is 24.0 Å². The van der Waals surface area contributed by atoms with Gasteiger partial charge in [-0.1, -0.05) is 38.1 Å². The summed E-state index contributed by atoms with van der Waals surface area (Å²) in [6, 6.07) is 16.8. The molecule has 0 aliphatic rings. The average Bonchev–Trinajstić information content (AvgIpc) is 3.29. The predicted molar refractivity (Wildman–Crippen MR) is 149 cm³/mol. The molecule has 0 saturated heterocycles. The van der Waals surface area contributed by atoms with Gasteiger partial charge >= 0.3 is 0 Å². The van der Waals surface area contributed by atoms with Crippen molar-refractivity contribution in [2.45, 2.75) is 38.5 Å². The van der Waals surface area contributed by atoms with Crippen LogP contribution in [0.1, 0.15) is 36.7 Å². The number of aromatic nitrogens is 4. The maximum absolute atomic E-state index is 12.9. The number of fused-ring (bicyclic) bond motifs is 1. The van der Waals surface area contributed by atoms with Gasteiger partial charge in [0.1, 0.15) is 17.0 Å². The second-order valence-electron chi connectivity index (χ2n) is 9.06. The first-order chi connectivity index (χ1) is 17.7. The van der Waals surface area contributed by atoms with Gasteiger partial charge in [-0.3, -0.25) is 0 Å². The van der Waals surface area contributed by atoms with Crippen LogP contribution in [0.2, 0.25) is 0 Å². The molecule has 5 aromatic rings. The molecule has 0 spiro atoms. The van der Waals surface area contributed by atoms with Crippen molar-refractivity contribution in [2.75, 3.05) is 10.0 Å². The molecule has 2 aromatic carbocycles. The quantitative estimate of drug-likeness (QED) is 0.249. The van der Waals surface area contributed by atoms with E-state index in [1.54, 1.807) is 43.4 Å². The first-order valence-corrected chi connectivity index (χ1v) is 14.1. The number of thiophene rings is 1. The summed E-state index contributed by atoms with van der Waals surface area (Å²) in [7, 11) is -3.84. The molecular weight excluding hydrogens is 504 g/mol. The molecule has 0 bridgehead atoms. The molecule has 0 amide bonds. The van der Waals surface area contributed by atoms with Crippen LogP contribution in [-0.2, 0) is 10.0 Å². The molecule has 0 atom stereocenters. The Hall–Kier alpha value is -3.89. The molecule has 2 N–H and O–H groups in total. The molecule has 0 aliphatic carbocycles. The normalized spacial score (nSPS) is 11.7. The Kier molecular flexibility index (Phi) is 6.61. The Morgan fingerprint density at radius 1 is 0.892 bits per heavy atom. The van der Waals surface area contributed by atoms with Gasteiger partial charge in [0.15, 0.2) is 0 Å². The third-order valence-electron chi connectivity index (χ3n) is 5.89. The van der Waals surface area contributed by atoms with Crippen LogP contribution in [0.5, 0.6) is 0 Å². The zero-order valence-electron chi connectivity index (χ0n) is 20.9. The summed E-state index contributed by atoms with van der Waals surface area (Å²) in [5.74, 6) is 1.17. The molecule has 37 heavy (non-hydrogen) atoms. The van der Waals surface area contributed by atoms with Gasteiger partial charge in [0.05, 0.1) is 10.3 Å². The number of nitrogens with one attached hydrogen (secondary N) is 2. The number of nitrogens with zero attached hydrogens (tertiary/aromatic N) is 4. The largest absolute Gasteiger partial charge is 0.340 e. The molecule has 8 nitrogen and oxygen atoms in total. The first-order valence-electron chi connectivity index (χ1n) is 11.7. The molecule has 5 rings (SSSR count). The van der Waals surface area contributed by atoms with E-state index in [0.717, 1.165) is 21.3 Å². The molecule has 0 aliphatic heterocycles. The number of benzene rings is 2. The molecule has 0 fully saturated rings. The third-order valence-corrected chi connectivity index (χ3v) is 8.12. The van der Waals surface area contributed by atoms with Crippen molar-refractivity contribution < 1.29 is 8.42 Å². The highest BCUT2D eigenvalue weighted by atomic mass is 32.2. The molecular formula is C27H26N6O2S2. The van der Waals surface area contributed by atoms with Crippen LogP contribution >= 0.6 is 11.3 Å². The van der Waals surface area contributed by atoms with Gasteiger partial charge in [0.25, 0.3) is 10.0 Å². The summed E-state index contributed by atoms with van der Waals surface area (Å²) in [6.45, 7) is 7.93. The molecule has 0 radical (unpaired) electrons. The van der Waals surface area contributed by atoms with E-state index in [2.05, 4.69) is 73.5 Å². The highest BCUT2D eigenvalue weighted by molar-refractivity contribution is 7.92. The number of hydrogen-bond acceptors (Lipinski definition) is 8. The Morgan fingerprint density at radius 3 is 2.22 bits per heavy atom. The van der Waals surface area contributed by atoms with Crippen LogP contribution in [-0.4, -0.2) is 28.4 Å². The van der Waals surface area contributed by atoms with Gasteiger partial charge in [0, 0.05) is 28.0 Å². The van der Waals surface area contributed by atoms with E-state index >= 15 is 0 Å². The van der Waals surface area contributed by atoms with E-state index in [9.17, 15) is 8.42 Å². The van der Waals surface area contributed by atoms with E-state index in [1.807, 2.05) is 0 Å². The second kappa shape index (κ2) is 9.87. The highest BCUT2D eigenvalue weighted by Crippen LogP contribution is 2.38. The molecule has 0 unspecified atom stereocenters. The van der Waals surface area contributed by atoms with Gasteiger partial charge in [-0.15, -0.1) is 11.3 Å². The average molecular weight is 531 g/mol. The van der Waals surface area contributed by atoms with Crippen LogP contribution in [0.25, 0.3) is 21.3 Å². The fraction of sp³-hybridized carbons (Fsp3) is 0.185. The van der Waals surface area contributed by atoms with Crippen molar-refractivity contribution in [2.24, 2.45) is 0 Å². The van der Waals surface area contributed by atoms with Crippen molar-refractivity contribution >= 4 is 49.0 Å². The Labute approximate surface area is 219 Å². The fourth-order valence-corrected chi connectivity index (χ4v) is 5.89. The zero-order valence-corrected chi connectivity index (χ0v) is 22.5. The second-order valence-corrected chi connectivity index (χ2v) is 11.6. The van der Waals surface area contributed by atoms with Gasteiger partial charge < -0.3 is 5.32 Å². The maximum atomic E-state index is 12.9. The van der Waals surface area contributed by atoms with Crippen LogP contribution in [0.3, 0.4) is 0 Å². The van der Waals surface area contributed by atoms with Crippen molar-refractivity contribution in [1.29, 1.82) is 0 Å². The molecule has 0 saturated carbocycles. The van der Waals surface area contributed by atoms with Gasteiger partial charge in [-0.05, 0) is 61.2 Å². The zero-order chi connectivity index (χ0) is 26.2. The molecule has 3 aromatic heterocycles. The standard InChI is InChI=1S/C27H26N6O2S2/c1-16(2)19-5-7-20(8-6-19)23-14-36-26-24(23)25(28-15-29-26)32-21-9-11-22(12-10-21)37(34,35)33-27-30-17(3)13-18(4)31-27/h5-16H,1-4H3,(H,28,29,32)(H,30,31,33). The van der Waals surface area contributed by atoms with E-state index < -0.39 is 10.0 Å². The Bertz CT molecular complexity index is 1660. The van der Waals surface area contributed by atoms with E-state index in [4.69, 9.17) is 0 Å². The van der Waals surface area contributed by atoms with Gasteiger partial charge in [-0.2, -0.15) is 0 Å². The number of hydrogen-bond donors (Lipinski definition) is 2. The van der Waals surface area contributed by atoms with Crippen LogP contribution in [0, 0.1) is 13.8 Å². The predicted octanol–water partition coefficient (Wildman–Crippen LogP) is 6.43. The Morgan fingerprint density at radius 2 is 1.57 bits per heavy atom. The monoisotopic (exact) mass is 530 g/mol. The lowest BCUT2D eigenvalue weighted by molar-refractivity contribution is 0.601. The SMILES string of the molecule is Cc1cc(C)nc(NS(=O)(=O)c2ccc(Nc3ncnc4scc(-c5ccc(C(C)C)cc5)c34)cc2)n1. The van der Waals surface area contributed by atoms with Crippen LogP contribution in [0.15, 0.2) is 71.2 Å². The van der Waals surface area contributed by atoms with Gasteiger partial charge in [-0.25, -0.2) is 33.1 Å². The van der Waals surface area contributed by atoms with E-state index in [-0.39, 0.29) is 10.8 Å². The summed E-state index contributed by atoms with van der Waals surface area (Å²) >= 11 is 1.56. The number of rotatable bonds is 7. The van der Waals surface area contributed by atoms with Crippen molar-refractivity contribution in [3.05, 3.63) is 83.3 Å². The summed E-state index contributed by atoms with van der Waals surface area (Å²) in [5.41, 5.74) is 5.50. The van der Waals surface area contributed by atoms with E-state index in [0.29, 0.717) is 28.8 Å². The summed E-state index contributed by atoms with van der Waals surface area (Å²) < 4.78 is 28.2. The minimum Gasteiger partial charge on any atom is -0.340 e. The minimum atomic E-state index is -3.84. The summed E-state index contributed by atoms with van der Waals surface area (Å²) in [6.07, 6.45) is 1.53. The van der Waals surface area contributed by atoms with Crippen LogP contribution in [0.4, 0.5) is 17.5 Å². The summed E-state index contributed by atoms with van der Waals surface area (Å²) in [5, 5.41) is 6.35. The smallest absolute Gasteiger partial charge is 0.264 e. The lowest BCUT2D eigenvalue weighted by atomic mass is 9.99. The fourth-order valence-electron chi connectivity index (χ4n) is 4.03. The number of sulfonamides is 1. The van der Waals surface area contributed by atoms with Crippen molar-refractivity contribution in [1.82, 2.24) is 19.9 Å². The van der Waals surface area contributed by atoms with Crippen LogP contribution < -0.4 is 10.0 Å². The topological polar surface area (TPSA) is 110 Å². The van der Waals surface area contributed by atoms with Gasteiger partial charge in [0.2, 0.25) is 5.95 Å². The maximum Gasteiger partial charge on any atom is 0.264 e. The number of aryl methyl sites for hydroxylation is 2. The highest BCUT2D eigenvalue weighted by Gasteiger charge is 2.17. The summed E-state index contributed by atoms with van der Waals surface area (Å²) in [4.78, 5) is 18.2. The minimum absolute atomic E-state index is 0.0505. The molecule has 3 heterocycles. The molecule has 10 heteroatoms. The Balaban J connectivity index is 1.41. The first kappa shape index (κ1) is 24.8. The van der Waals surface area contributed by atoms with Crippen molar-refractivity contribution in [3.8, 4) is 11.1 Å². The lowest BCUT2D eigenvalue weighted by Crippen LogP contribution is -2.15. The number of anilines is 3. The molecule has 188 valence electrons. The third kappa shape index (κ3) is 5.30. The lowest BCUT2D eigenvalue weighted by Gasteiger charge is -2.11. The van der Waals surface area contributed by atoms with Crippen molar-refractivity contribution in [3.63, 3.8) is 0 Å².